The van der Waals surface area contributed by atoms with Gasteiger partial charge in [0.05, 0.1) is 12.2 Å². The molecule has 1 N–H and O–H groups in total. The number of nitrogens with zero attached hydrogens (tertiary/aromatic N) is 3. The molecule has 3 aliphatic rings. The van der Waals surface area contributed by atoms with Crippen LogP contribution in [-0.2, 0) is 4.79 Å². The van der Waals surface area contributed by atoms with E-state index in [-0.39, 0.29) is 31.4 Å². The van der Waals surface area contributed by atoms with Crippen molar-refractivity contribution in [1.82, 2.24) is 15.1 Å². The van der Waals surface area contributed by atoms with Crippen LogP contribution >= 0.6 is 0 Å². The second kappa shape index (κ2) is 5.68. The number of rotatable bonds is 2. The minimum Gasteiger partial charge on any atom is -0.320 e. The predicted octanol–water partition coefficient (Wildman–Crippen LogP) is 1.29. The number of fused-ring (bicyclic) bond motifs is 1. The summed E-state index contributed by atoms with van der Waals surface area (Å²) < 4.78 is 27.8. The third kappa shape index (κ3) is 2.59. The van der Waals surface area contributed by atoms with Gasteiger partial charge < -0.3 is 9.80 Å². The number of piperazine rings is 1. The lowest BCUT2D eigenvalue weighted by molar-refractivity contribution is -0.122. The van der Waals surface area contributed by atoms with E-state index in [0.29, 0.717) is 12.8 Å². The zero-order chi connectivity index (χ0) is 17.7. The summed E-state index contributed by atoms with van der Waals surface area (Å²) in [6, 6.07) is 1.89. The molecule has 7 nitrogen and oxygen atoms in total. The number of hydrogen-bond donors (Lipinski definition) is 1. The van der Waals surface area contributed by atoms with Crippen LogP contribution in [0.25, 0.3) is 0 Å². The van der Waals surface area contributed by atoms with Crippen LogP contribution in [0.2, 0.25) is 0 Å². The Morgan fingerprint density at radius 3 is 2.68 bits per heavy atom. The number of halogens is 2. The summed E-state index contributed by atoms with van der Waals surface area (Å²) >= 11 is 0. The topological polar surface area (TPSA) is 73.0 Å². The van der Waals surface area contributed by atoms with Crippen molar-refractivity contribution in [2.24, 2.45) is 0 Å². The van der Waals surface area contributed by atoms with Gasteiger partial charge in [-0.3, -0.25) is 15.0 Å². The van der Waals surface area contributed by atoms with Gasteiger partial charge in [-0.2, -0.15) is 0 Å². The molecule has 25 heavy (non-hydrogen) atoms. The normalized spacial score (nSPS) is 22.7. The molecule has 3 fully saturated rings. The Hall–Kier alpha value is -2.71. The van der Waals surface area contributed by atoms with Crippen molar-refractivity contribution in [3.63, 3.8) is 0 Å². The Labute approximate surface area is 142 Å². The van der Waals surface area contributed by atoms with Crippen LogP contribution in [-0.4, -0.2) is 59.5 Å². The number of carbonyl (C=O) groups excluding carboxylic acids is 3. The average Bonchev–Trinajstić information content (AvgIpc) is 3.38. The fourth-order valence-electron chi connectivity index (χ4n) is 3.30. The molecule has 5 amide bonds. The summed E-state index contributed by atoms with van der Waals surface area (Å²) in [6.07, 6.45) is 1.42. The zero-order valence-electron chi connectivity index (χ0n) is 13.2. The fraction of sp³-hybridized carbons (Fsp3) is 0.438. The molecule has 1 unspecified atom stereocenters. The van der Waals surface area contributed by atoms with Gasteiger partial charge in [0.25, 0.3) is 5.91 Å². The predicted molar refractivity (Wildman–Crippen MR) is 82.9 cm³/mol. The Kier molecular flexibility index (Phi) is 3.59. The van der Waals surface area contributed by atoms with Gasteiger partial charge >= 0.3 is 12.1 Å². The van der Waals surface area contributed by atoms with E-state index < -0.39 is 35.6 Å². The lowest BCUT2D eigenvalue weighted by atomic mass is 10.2. The molecule has 9 heteroatoms. The number of nitrogens with one attached hydrogen (secondary N) is 1. The first kappa shape index (κ1) is 15.8. The van der Waals surface area contributed by atoms with E-state index in [0.717, 1.165) is 6.07 Å². The molecule has 1 aromatic carbocycles. The van der Waals surface area contributed by atoms with Crippen molar-refractivity contribution in [3.05, 3.63) is 29.8 Å². The quantitative estimate of drug-likeness (QED) is 0.817. The summed E-state index contributed by atoms with van der Waals surface area (Å²) in [4.78, 5) is 40.5. The van der Waals surface area contributed by atoms with Crippen molar-refractivity contribution in [1.29, 1.82) is 0 Å². The zero-order valence-corrected chi connectivity index (χ0v) is 13.2. The van der Waals surface area contributed by atoms with Crippen molar-refractivity contribution >= 4 is 23.7 Å². The number of hydrogen-bond acceptors (Lipinski definition) is 3. The van der Waals surface area contributed by atoms with E-state index in [9.17, 15) is 23.2 Å². The SMILES string of the molecule is O=C1NC(=O)N2CCN(C(=O)N(c3cccc(F)c3F)C3CC3)CC12. The smallest absolute Gasteiger partial charge is 0.320 e. The Morgan fingerprint density at radius 1 is 1.20 bits per heavy atom. The molecule has 132 valence electrons. The first-order chi connectivity index (χ1) is 12.0. The van der Waals surface area contributed by atoms with Crippen molar-refractivity contribution < 1.29 is 23.2 Å². The number of anilines is 1. The summed E-state index contributed by atoms with van der Waals surface area (Å²) in [5.41, 5.74) is -0.0955. The highest BCUT2D eigenvalue weighted by Crippen LogP contribution is 2.35. The number of urea groups is 2. The Morgan fingerprint density at radius 2 is 1.96 bits per heavy atom. The molecule has 2 aliphatic heterocycles. The van der Waals surface area contributed by atoms with E-state index >= 15 is 0 Å². The second-order valence-electron chi connectivity index (χ2n) is 6.41. The fourth-order valence-corrected chi connectivity index (χ4v) is 3.30. The van der Waals surface area contributed by atoms with E-state index in [2.05, 4.69) is 5.32 Å². The van der Waals surface area contributed by atoms with Crippen molar-refractivity contribution in [3.8, 4) is 0 Å². The lowest BCUT2D eigenvalue weighted by Crippen LogP contribution is -2.58. The molecule has 0 radical (unpaired) electrons. The largest absolute Gasteiger partial charge is 0.324 e. The molecule has 0 bridgehead atoms. The van der Waals surface area contributed by atoms with Crippen LogP contribution in [0.3, 0.4) is 0 Å². The summed E-state index contributed by atoms with van der Waals surface area (Å²) in [7, 11) is 0. The maximum absolute atomic E-state index is 14.2. The maximum atomic E-state index is 14.2. The molecule has 1 atom stereocenters. The van der Waals surface area contributed by atoms with Crippen LogP contribution < -0.4 is 10.2 Å². The van der Waals surface area contributed by atoms with E-state index in [4.69, 9.17) is 0 Å². The monoisotopic (exact) mass is 350 g/mol. The summed E-state index contributed by atoms with van der Waals surface area (Å²) in [6.45, 7) is 0.491. The molecule has 1 aromatic rings. The summed E-state index contributed by atoms with van der Waals surface area (Å²) in [5, 5.41) is 2.22. The van der Waals surface area contributed by atoms with Gasteiger partial charge in [-0.1, -0.05) is 6.07 Å². The highest BCUT2D eigenvalue weighted by molar-refractivity contribution is 6.05. The van der Waals surface area contributed by atoms with Gasteiger partial charge in [-0.25, -0.2) is 18.4 Å². The highest BCUT2D eigenvalue weighted by Gasteiger charge is 2.45. The van der Waals surface area contributed by atoms with E-state index in [1.807, 2.05) is 0 Å². The van der Waals surface area contributed by atoms with Crippen LogP contribution in [0.15, 0.2) is 18.2 Å². The molecule has 2 heterocycles. The van der Waals surface area contributed by atoms with Crippen LogP contribution in [0, 0.1) is 11.6 Å². The number of imide groups is 1. The Balaban J connectivity index is 1.59. The first-order valence-corrected chi connectivity index (χ1v) is 8.11. The Bertz CT molecular complexity index is 768. The lowest BCUT2D eigenvalue weighted by Gasteiger charge is -2.38. The van der Waals surface area contributed by atoms with Gasteiger partial charge in [-0.15, -0.1) is 0 Å². The molecule has 2 saturated heterocycles. The molecule has 1 aliphatic carbocycles. The number of carbonyl (C=O) groups is 3. The van der Waals surface area contributed by atoms with Gasteiger partial charge in [0.2, 0.25) is 0 Å². The standard InChI is InChI=1S/C16H16F2N4O3/c17-10-2-1-3-11(13(10)18)22(9-4-5-9)16(25)20-6-7-21-12(8-20)14(23)19-15(21)24/h1-3,9,12H,4-8H2,(H,19,23,24). The van der Waals surface area contributed by atoms with Gasteiger partial charge in [0.1, 0.15) is 6.04 Å². The average molecular weight is 350 g/mol. The molecular formula is C16H16F2N4O3. The number of amides is 5. The molecule has 4 rings (SSSR count). The third-order valence-corrected chi connectivity index (χ3v) is 4.75. The minimum atomic E-state index is -1.06. The van der Waals surface area contributed by atoms with Crippen LogP contribution in [0.4, 0.5) is 24.1 Å². The molecule has 1 saturated carbocycles. The second-order valence-corrected chi connectivity index (χ2v) is 6.41. The molecule has 0 aromatic heterocycles. The van der Waals surface area contributed by atoms with Crippen LogP contribution in [0.1, 0.15) is 12.8 Å². The van der Waals surface area contributed by atoms with Crippen LogP contribution in [0.5, 0.6) is 0 Å². The number of benzene rings is 1. The van der Waals surface area contributed by atoms with E-state index in [1.165, 1.54) is 26.8 Å². The minimum absolute atomic E-state index is 0.0383. The van der Waals surface area contributed by atoms with Gasteiger partial charge in [-0.05, 0) is 25.0 Å². The third-order valence-electron chi connectivity index (χ3n) is 4.75. The van der Waals surface area contributed by atoms with E-state index in [1.54, 1.807) is 0 Å². The maximum Gasteiger partial charge on any atom is 0.324 e. The van der Waals surface area contributed by atoms with Crippen molar-refractivity contribution in [2.45, 2.75) is 24.9 Å². The van der Waals surface area contributed by atoms with Gasteiger partial charge in [0.15, 0.2) is 11.6 Å². The molecule has 0 spiro atoms. The summed E-state index contributed by atoms with van der Waals surface area (Å²) in [5.74, 6) is -2.52. The van der Waals surface area contributed by atoms with Gasteiger partial charge in [0, 0.05) is 19.1 Å². The first-order valence-electron chi connectivity index (χ1n) is 8.11. The van der Waals surface area contributed by atoms with Crippen molar-refractivity contribution in [2.75, 3.05) is 24.5 Å². The molecular weight excluding hydrogens is 334 g/mol. The highest BCUT2D eigenvalue weighted by atomic mass is 19.2.